The van der Waals surface area contributed by atoms with E-state index in [9.17, 15) is 13.2 Å². The van der Waals surface area contributed by atoms with Crippen molar-refractivity contribution in [3.05, 3.63) is 53.3 Å². The van der Waals surface area contributed by atoms with E-state index in [1.165, 1.54) is 42.6 Å². The van der Waals surface area contributed by atoms with Gasteiger partial charge in [-0.1, -0.05) is 11.6 Å². The summed E-state index contributed by atoms with van der Waals surface area (Å²) in [5.74, 6) is -0.0913. The van der Waals surface area contributed by atoms with Gasteiger partial charge in [-0.15, -0.1) is 4.83 Å². The molecule has 1 aromatic carbocycles. The second-order valence-corrected chi connectivity index (χ2v) is 6.40. The van der Waals surface area contributed by atoms with Crippen molar-refractivity contribution in [3.8, 4) is 5.75 Å². The van der Waals surface area contributed by atoms with E-state index < -0.39 is 15.9 Å². The molecule has 2 rings (SSSR count). The molecule has 0 radical (unpaired) electrons. The van der Waals surface area contributed by atoms with Gasteiger partial charge in [0.2, 0.25) is 0 Å². The van der Waals surface area contributed by atoms with Gasteiger partial charge in [0.1, 0.15) is 10.9 Å². The van der Waals surface area contributed by atoms with Crippen LogP contribution in [0.3, 0.4) is 0 Å². The third kappa shape index (κ3) is 4.65. The minimum Gasteiger partial charge on any atom is -0.494 e. The van der Waals surface area contributed by atoms with Crippen LogP contribution < -0.4 is 15.0 Å². The van der Waals surface area contributed by atoms with E-state index in [2.05, 4.69) is 10.4 Å². The Morgan fingerprint density at radius 1 is 1.22 bits per heavy atom. The normalized spacial score (nSPS) is 11.0. The number of hydrogen-bond acceptors (Lipinski definition) is 5. The summed E-state index contributed by atoms with van der Waals surface area (Å²) in [5, 5.41) is 0.233. The van der Waals surface area contributed by atoms with Crippen molar-refractivity contribution in [2.24, 2.45) is 0 Å². The monoisotopic (exact) mass is 355 g/mol. The fourth-order valence-corrected chi connectivity index (χ4v) is 2.59. The average Bonchev–Trinajstić information content (AvgIpc) is 2.54. The predicted octanol–water partition coefficient (Wildman–Crippen LogP) is 1.76. The van der Waals surface area contributed by atoms with Crippen molar-refractivity contribution in [2.45, 2.75) is 11.8 Å². The van der Waals surface area contributed by atoms with Crippen LogP contribution in [0.4, 0.5) is 0 Å². The standard InChI is InChI=1S/C14H14ClN3O4S/c1-2-22-11-4-6-12(7-5-11)23(20,21)18-17-14(19)10-3-8-13(15)16-9-10/h3-9,18H,2H2,1H3,(H,17,19). The summed E-state index contributed by atoms with van der Waals surface area (Å²) in [7, 11) is -3.89. The van der Waals surface area contributed by atoms with Crippen LogP contribution >= 0.6 is 11.6 Å². The molecule has 0 fully saturated rings. The topological polar surface area (TPSA) is 97.4 Å². The van der Waals surface area contributed by atoms with Crippen LogP contribution in [-0.4, -0.2) is 25.9 Å². The predicted molar refractivity (Wildman–Crippen MR) is 84.6 cm³/mol. The molecule has 2 aromatic rings. The summed E-state index contributed by atoms with van der Waals surface area (Å²) >= 11 is 5.62. The Morgan fingerprint density at radius 3 is 2.48 bits per heavy atom. The molecule has 0 aliphatic heterocycles. The van der Waals surface area contributed by atoms with Gasteiger partial charge in [-0.05, 0) is 43.3 Å². The lowest BCUT2D eigenvalue weighted by atomic mass is 10.3. The quantitative estimate of drug-likeness (QED) is 0.607. The summed E-state index contributed by atoms with van der Waals surface area (Å²) in [4.78, 5) is 17.6. The third-order valence-corrected chi connectivity index (χ3v) is 4.22. The molecule has 0 saturated heterocycles. The van der Waals surface area contributed by atoms with Gasteiger partial charge in [-0.3, -0.25) is 10.2 Å². The number of hydrogen-bond donors (Lipinski definition) is 2. The Balaban J connectivity index is 2.03. The smallest absolute Gasteiger partial charge is 0.267 e. The molecule has 7 nitrogen and oxygen atoms in total. The van der Waals surface area contributed by atoms with Crippen LogP contribution in [0.15, 0.2) is 47.5 Å². The van der Waals surface area contributed by atoms with Gasteiger partial charge in [0.15, 0.2) is 0 Å². The number of rotatable bonds is 6. The lowest BCUT2D eigenvalue weighted by Crippen LogP contribution is -2.41. The molecule has 0 atom stereocenters. The fourth-order valence-electron chi connectivity index (χ4n) is 1.64. The Morgan fingerprint density at radius 2 is 1.91 bits per heavy atom. The number of sulfonamides is 1. The molecule has 0 saturated carbocycles. The number of nitrogens with zero attached hydrogens (tertiary/aromatic N) is 1. The van der Waals surface area contributed by atoms with E-state index in [0.29, 0.717) is 12.4 Å². The maximum atomic E-state index is 12.1. The molecule has 2 N–H and O–H groups in total. The SMILES string of the molecule is CCOc1ccc(S(=O)(=O)NNC(=O)c2ccc(Cl)nc2)cc1. The zero-order valence-electron chi connectivity index (χ0n) is 12.1. The largest absolute Gasteiger partial charge is 0.494 e. The fraction of sp³-hybridized carbons (Fsp3) is 0.143. The second-order valence-electron chi connectivity index (χ2n) is 4.33. The van der Waals surface area contributed by atoms with Crippen LogP contribution in [0, 0.1) is 0 Å². The molecule has 122 valence electrons. The first kappa shape index (κ1) is 17.2. The minimum atomic E-state index is -3.89. The number of aromatic nitrogens is 1. The number of benzene rings is 1. The van der Waals surface area contributed by atoms with Gasteiger partial charge < -0.3 is 4.74 Å². The molecule has 1 amide bonds. The first-order valence-electron chi connectivity index (χ1n) is 6.59. The van der Waals surface area contributed by atoms with Crippen molar-refractivity contribution in [1.29, 1.82) is 0 Å². The molecule has 9 heteroatoms. The molecular weight excluding hydrogens is 342 g/mol. The van der Waals surface area contributed by atoms with Gasteiger partial charge in [0, 0.05) is 6.20 Å². The molecule has 0 spiro atoms. The first-order valence-corrected chi connectivity index (χ1v) is 8.45. The summed E-state index contributed by atoms with van der Waals surface area (Å²) in [6.07, 6.45) is 1.24. The number of nitrogens with one attached hydrogen (secondary N) is 2. The molecular formula is C14H14ClN3O4S. The molecule has 0 aliphatic carbocycles. The highest BCUT2D eigenvalue weighted by atomic mass is 35.5. The Labute approximate surface area is 138 Å². The summed E-state index contributed by atoms with van der Waals surface area (Å²) in [6, 6.07) is 8.67. The van der Waals surface area contributed by atoms with Crippen LogP contribution in [0.1, 0.15) is 17.3 Å². The van der Waals surface area contributed by atoms with Gasteiger partial charge in [0.05, 0.1) is 17.1 Å². The van der Waals surface area contributed by atoms with E-state index in [1.807, 2.05) is 11.8 Å². The zero-order chi connectivity index (χ0) is 16.9. The van der Waals surface area contributed by atoms with Crippen LogP contribution in [-0.2, 0) is 10.0 Å². The van der Waals surface area contributed by atoms with Gasteiger partial charge >= 0.3 is 0 Å². The maximum absolute atomic E-state index is 12.1. The highest BCUT2D eigenvalue weighted by Crippen LogP contribution is 2.15. The highest BCUT2D eigenvalue weighted by molar-refractivity contribution is 7.89. The van der Waals surface area contributed by atoms with Gasteiger partial charge in [-0.25, -0.2) is 13.4 Å². The Kier molecular flexibility index (Phi) is 5.54. The van der Waals surface area contributed by atoms with Crippen LogP contribution in [0.25, 0.3) is 0 Å². The Bertz CT molecular complexity index is 777. The van der Waals surface area contributed by atoms with E-state index in [1.54, 1.807) is 0 Å². The number of carbonyl (C=O) groups is 1. The van der Waals surface area contributed by atoms with Crippen molar-refractivity contribution in [1.82, 2.24) is 15.2 Å². The molecule has 23 heavy (non-hydrogen) atoms. The minimum absolute atomic E-state index is 0.00418. The lowest BCUT2D eigenvalue weighted by Gasteiger charge is -2.09. The maximum Gasteiger partial charge on any atom is 0.267 e. The second kappa shape index (κ2) is 7.40. The van der Waals surface area contributed by atoms with Crippen LogP contribution in [0.5, 0.6) is 5.75 Å². The van der Waals surface area contributed by atoms with E-state index in [0.717, 1.165) is 0 Å². The molecule has 0 bridgehead atoms. The van der Waals surface area contributed by atoms with E-state index in [4.69, 9.17) is 16.3 Å². The van der Waals surface area contributed by atoms with Crippen molar-refractivity contribution in [2.75, 3.05) is 6.61 Å². The first-order chi connectivity index (χ1) is 10.9. The Hall–Kier alpha value is -2.16. The number of amides is 1. The number of ether oxygens (including phenoxy) is 1. The van der Waals surface area contributed by atoms with Gasteiger partial charge in [-0.2, -0.15) is 0 Å². The summed E-state index contributed by atoms with van der Waals surface area (Å²) in [5.41, 5.74) is 2.28. The highest BCUT2D eigenvalue weighted by Gasteiger charge is 2.16. The molecule has 0 unspecified atom stereocenters. The van der Waals surface area contributed by atoms with E-state index in [-0.39, 0.29) is 15.6 Å². The molecule has 1 heterocycles. The van der Waals surface area contributed by atoms with Crippen molar-refractivity contribution < 1.29 is 17.9 Å². The number of hydrazine groups is 1. The van der Waals surface area contributed by atoms with Gasteiger partial charge in [0.25, 0.3) is 15.9 Å². The molecule has 1 aromatic heterocycles. The number of halogens is 1. The van der Waals surface area contributed by atoms with Crippen molar-refractivity contribution >= 4 is 27.5 Å². The zero-order valence-corrected chi connectivity index (χ0v) is 13.7. The summed E-state index contributed by atoms with van der Waals surface area (Å²) in [6.45, 7) is 2.31. The number of carbonyl (C=O) groups excluding carboxylic acids is 1. The van der Waals surface area contributed by atoms with Crippen LogP contribution in [0.2, 0.25) is 5.15 Å². The number of pyridine rings is 1. The lowest BCUT2D eigenvalue weighted by molar-refractivity contribution is 0.0944. The van der Waals surface area contributed by atoms with Crippen molar-refractivity contribution in [3.63, 3.8) is 0 Å². The summed E-state index contributed by atoms with van der Waals surface area (Å²) < 4.78 is 29.4. The third-order valence-electron chi connectivity index (χ3n) is 2.73. The van der Waals surface area contributed by atoms with E-state index >= 15 is 0 Å². The average molecular weight is 356 g/mol. The molecule has 0 aliphatic rings.